The predicted molar refractivity (Wildman–Crippen MR) is 91.5 cm³/mol. The van der Waals surface area contributed by atoms with Crippen molar-refractivity contribution in [2.45, 2.75) is 25.3 Å². The Hall–Kier alpha value is -2.10. The Morgan fingerprint density at radius 1 is 1.38 bits per heavy atom. The zero-order valence-electron chi connectivity index (χ0n) is 13.8. The van der Waals surface area contributed by atoms with Crippen LogP contribution < -0.4 is 5.32 Å². The van der Waals surface area contributed by atoms with Gasteiger partial charge >= 0.3 is 6.03 Å². The lowest BCUT2D eigenvalue weighted by molar-refractivity contribution is 0.0739. The van der Waals surface area contributed by atoms with Gasteiger partial charge in [-0.25, -0.2) is 4.79 Å². The molecular formula is C18H24N4O2. The molecule has 3 rings (SSSR count). The maximum Gasteiger partial charge on any atom is 0.321 e. The van der Waals surface area contributed by atoms with Crippen molar-refractivity contribution in [2.75, 3.05) is 38.1 Å². The number of nitrogens with one attached hydrogen (secondary N) is 1. The van der Waals surface area contributed by atoms with E-state index in [0.29, 0.717) is 30.8 Å². The summed E-state index contributed by atoms with van der Waals surface area (Å²) in [6.07, 6.45) is 3.31. The van der Waals surface area contributed by atoms with Gasteiger partial charge in [0.05, 0.1) is 11.6 Å². The van der Waals surface area contributed by atoms with Crippen molar-refractivity contribution in [3.63, 3.8) is 0 Å². The van der Waals surface area contributed by atoms with Crippen LogP contribution in [0.1, 0.15) is 24.8 Å². The topological polar surface area (TPSA) is 79.6 Å². The van der Waals surface area contributed by atoms with Crippen LogP contribution in [0.15, 0.2) is 24.3 Å². The third-order valence-corrected chi connectivity index (χ3v) is 4.79. The van der Waals surface area contributed by atoms with Gasteiger partial charge in [-0.05, 0) is 43.4 Å². The highest BCUT2D eigenvalue weighted by molar-refractivity contribution is 5.89. The van der Waals surface area contributed by atoms with E-state index in [0.717, 1.165) is 19.0 Å². The fraction of sp³-hybridized carbons (Fsp3) is 0.556. The predicted octanol–water partition coefficient (Wildman–Crippen LogP) is 1.87. The molecule has 0 spiro atoms. The number of amides is 2. The number of carbonyl (C=O) groups is 1. The Morgan fingerprint density at radius 3 is 2.92 bits per heavy atom. The third kappa shape index (κ3) is 4.25. The van der Waals surface area contributed by atoms with Gasteiger partial charge in [0.2, 0.25) is 0 Å². The molecule has 1 aliphatic heterocycles. The first kappa shape index (κ1) is 16.7. The Bertz CT molecular complexity index is 624. The molecule has 6 nitrogen and oxygen atoms in total. The largest absolute Gasteiger partial charge is 0.396 e. The van der Waals surface area contributed by atoms with Crippen LogP contribution in [0.2, 0.25) is 0 Å². The molecule has 2 amide bonds. The molecule has 0 unspecified atom stereocenters. The number of aliphatic hydroxyl groups excluding tert-OH is 1. The Labute approximate surface area is 142 Å². The van der Waals surface area contributed by atoms with Crippen molar-refractivity contribution in [2.24, 2.45) is 5.92 Å². The molecule has 2 aliphatic rings. The Balaban J connectivity index is 1.59. The summed E-state index contributed by atoms with van der Waals surface area (Å²) >= 11 is 0. The lowest BCUT2D eigenvalue weighted by atomic mass is 10.1. The van der Waals surface area contributed by atoms with Gasteiger partial charge in [0.25, 0.3) is 0 Å². The van der Waals surface area contributed by atoms with Crippen LogP contribution in [0.3, 0.4) is 0 Å². The van der Waals surface area contributed by atoms with Crippen LogP contribution in [-0.4, -0.2) is 59.8 Å². The van der Waals surface area contributed by atoms with Crippen LogP contribution >= 0.6 is 0 Å². The average molecular weight is 328 g/mol. The molecule has 1 aliphatic carbocycles. The van der Waals surface area contributed by atoms with E-state index in [4.69, 9.17) is 5.26 Å². The number of carbonyl (C=O) groups excluding carboxylic acids is 1. The van der Waals surface area contributed by atoms with E-state index in [1.54, 1.807) is 24.3 Å². The highest BCUT2D eigenvalue weighted by atomic mass is 16.3. The molecule has 24 heavy (non-hydrogen) atoms. The first-order valence-corrected chi connectivity index (χ1v) is 8.60. The second-order valence-electron chi connectivity index (χ2n) is 6.67. The number of piperazine rings is 1. The van der Waals surface area contributed by atoms with Gasteiger partial charge in [-0.1, -0.05) is 6.07 Å². The van der Waals surface area contributed by atoms with Crippen molar-refractivity contribution in [1.29, 1.82) is 5.26 Å². The zero-order valence-corrected chi connectivity index (χ0v) is 13.8. The van der Waals surface area contributed by atoms with E-state index in [-0.39, 0.29) is 18.7 Å². The van der Waals surface area contributed by atoms with Crippen LogP contribution in [0, 0.1) is 17.2 Å². The Morgan fingerprint density at radius 2 is 2.21 bits per heavy atom. The van der Waals surface area contributed by atoms with Crippen LogP contribution in [-0.2, 0) is 0 Å². The van der Waals surface area contributed by atoms with E-state index < -0.39 is 0 Å². The molecule has 128 valence electrons. The minimum atomic E-state index is -0.140. The van der Waals surface area contributed by atoms with Gasteiger partial charge in [0, 0.05) is 44.5 Å². The number of urea groups is 1. The first-order valence-electron chi connectivity index (χ1n) is 8.60. The molecule has 2 fully saturated rings. The van der Waals surface area contributed by atoms with Crippen molar-refractivity contribution in [3.8, 4) is 6.07 Å². The van der Waals surface area contributed by atoms with Crippen molar-refractivity contribution in [3.05, 3.63) is 29.8 Å². The summed E-state index contributed by atoms with van der Waals surface area (Å²) in [4.78, 5) is 16.7. The van der Waals surface area contributed by atoms with Gasteiger partial charge < -0.3 is 15.3 Å². The summed E-state index contributed by atoms with van der Waals surface area (Å²) in [5, 5.41) is 21.1. The fourth-order valence-corrected chi connectivity index (χ4v) is 3.24. The average Bonchev–Trinajstić information content (AvgIpc) is 3.41. The molecule has 0 bridgehead atoms. The van der Waals surface area contributed by atoms with Gasteiger partial charge in [0.15, 0.2) is 0 Å². The molecule has 6 heteroatoms. The van der Waals surface area contributed by atoms with E-state index >= 15 is 0 Å². The quantitative estimate of drug-likeness (QED) is 0.865. The van der Waals surface area contributed by atoms with E-state index in [2.05, 4.69) is 16.3 Å². The fourth-order valence-electron chi connectivity index (χ4n) is 3.24. The van der Waals surface area contributed by atoms with Gasteiger partial charge in [-0.15, -0.1) is 0 Å². The van der Waals surface area contributed by atoms with Crippen LogP contribution in [0.5, 0.6) is 0 Å². The summed E-state index contributed by atoms with van der Waals surface area (Å²) in [6.45, 7) is 3.41. The summed E-state index contributed by atoms with van der Waals surface area (Å²) in [5.41, 5.74) is 1.17. The molecular weight excluding hydrogens is 304 g/mol. The summed E-state index contributed by atoms with van der Waals surface area (Å²) in [7, 11) is 0. The lowest BCUT2D eigenvalue weighted by Crippen LogP contribution is -2.56. The molecule has 0 radical (unpaired) electrons. The molecule has 1 aromatic carbocycles. The minimum absolute atomic E-state index is 0.140. The van der Waals surface area contributed by atoms with Crippen molar-refractivity contribution < 1.29 is 9.90 Å². The van der Waals surface area contributed by atoms with Gasteiger partial charge in [0.1, 0.15) is 0 Å². The highest BCUT2D eigenvalue weighted by Crippen LogP contribution is 2.31. The van der Waals surface area contributed by atoms with Crippen LogP contribution in [0.25, 0.3) is 0 Å². The molecule has 1 saturated carbocycles. The number of anilines is 1. The molecule has 0 aromatic heterocycles. The van der Waals surface area contributed by atoms with E-state index in [1.807, 2.05) is 4.90 Å². The Kier molecular flexibility index (Phi) is 5.34. The van der Waals surface area contributed by atoms with Crippen molar-refractivity contribution >= 4 is 11.7 Å². The summed E-state index contributed by atoms with van der Waals surface area (Å²) in [5.74, 6) is 0.806. The van der Waals surface area contributed by atoms with E-state index in [1.165, 1.54) is 12.8 Å². The number of hydrogen-bond acceptors (Lipinski definition) is 4. The molecule has 1 saturated heterocycles. The second-order valence-corrected chi connectivity index (χ2v) is 6.67. The maximum absolute atomic E-state index is 12.5. The monoisotopic (exact) mass is 328 g/mol. The van der Waals surface area contributed by atoms with Gasteiger partial charge in [-0.2, -0.15) is 5.26 Å². The smallest absolute Gasteiger partial charge is 0.321 e. The number of nitrogens with zero attached hydrogens (tertiary/aromatic N) is 3. The molecule has 1 heterocycles. The van der Waals surface area contributed by atoms with Crippen molar-refractivity contribution in [1.82, 2.24) is 9.80 Å². The first-order chi connectivity index (χ1) is 11.7. The molecule has 1 aromatic rings. The molecule has 2 N–H and O–H groups in total. The standard InChI is InChI=1S/C18H24N4O2/c19-11-15-2-1-3-16(10-15)20-18(24)22-8-7-21(12-14-4-5-14)17(13-22)6-9-23/h1-3,10,14,17,23H,4-9,12-13H2,(H,20,24)/t17-/m0/s1. The minimum Gasteiger partial charge on any atom is -0.396 e. The second kappa shape index (κ2) is 7.65. The van der Waals surface area contributed by atoms with Gasteiger partial charge in [-0.3, -0.25) is 4.90 Å². The number of nitriles is 1. The third-order valence-electron chi connectivity index (χ3n) is 4.79. The SMILES string of the molecule is N#Cc1cccc(NC(=O)N2CCN(CC3CC3)[C@@H](CCO)C2)c1. The molecule has 1 atom stereocenters. The highest BCUT2D eigenvalue weighted by Gasteiger charge is 2.33. The summed E-state index contributed by atoms with van der Waals surface area (Å²) in [6, 6.07) is 9.09. The lowest BCUT2D eigenvalue weighted by Gasteiger charge is -2.41. The van der Waals surface area contributed by atoms with E-state index in [9.17, 15) is 9.90 Å². The number of hydrogen-bond donors (Lipinski definition) is 2. The maximum atomic E-state index is 12.5. The number of rotatable bonds is 5. The number of benzene rings is 1. The number of aliphatic hydroxyl groups is 1. The van der Waals surface area contributed by atoms with Crippen LogP contribution in [0.4, 0.5) is 10.5 Å². The normalized spacial score (nSPS) is 21.3. The summed E-state index contributed by atoms with van der Waals surface area (Å²) < 4.78 is 0. The zero-order chi connectivity index (χ0) is 16.9.